The quantitative estimate of drug-likeness (QED) is 0.745. The van der Waals surface area contributed by atoms with Crippen molar-refractivity contribution in [3.8, 4) is 5.75 Å². The number of piperazine rings is 1. The minimum atomic E-state index is 0. The zero-order valence-electron chi connectivity index (χ0n) is 16.5. The fourth-order valence-corrected chi connectivity index (χ4v) is 4.43. The number of carbonyl (C=O) groups is 1. The zero-order valence-corrected chi connectivity index (χ0v) is 19.0. The maximum Gasteiger partial charge on any atom is 0.257 e. The van der Waals surface area contributed by atoms with Crippen LogP contribution in [0.25, 0.3) is 0 Å². The number of nitrogens with zero attached hydrogens (tertiary/aromatic N) is 3. The fourth-order valence-electron chi connectivity index (χ4n) is 3.84. The Kier molecular flexibility index (Phi) is 9.17. The number of benzene rings is 1. The number of ether oxygens (including phenoxy) is 1. The minimum Gasteiger partial charge on any atom is -0.486 e. The molecule has 6 nitrogen and oxygen atoms in total. The van der Waals surface area contributed by atoms with Gasteiger partial charge in [-0.1, -0.05) is 12.1 Å². The van der Waals surface area contributed by atoms with Gasteiger partial charge in [-0.2, -0.15) is 0 Å². The molecule has 1 aromatic carbocycles. The lowest BCUT2D eigenvalue weighted by Gasteiger charge is -2.32. The highest BCUT2D eigenvalue weighted by Gasteiger charge is 2.32. The number of hydrogen-bond acceptors (Lipinski definition) is 6. The minimum absolute atomic E-state index is 0. The first kappa shape index (κ1) is 23.9. The van der Waals surface area contributed by atoms with Crippen molar-refractivity contribution in [2.45, 2.75) is 26.0 Å². The van der Waals surface area contributed by atoms with Gasteiger partial charge in [-0.3, -0.25) is 9.69 Å². The van der Waals surface area contributed by atoms with E-state index in [0.717, 1.165) is 56.4 Å². The highest BCUT2D eigenvalue weighted by Crippen LogP contribution is 2.25. The van der Waals surface area contributed by atoms with E-state index in [-0.39, 0.29) is 30.7 Å². The Morgan fingerprint density at radius 2 is 2.00 bits per heavy atom. The third-order valence-corrected chi connectivity index (χ3v) is 6.10. The molecule has 9 heteroatoms. The van der Waals surface area contributed by atoms with Gasteiger partial charge < -0.3 is 15.0 Å². The number of aryl methyl sites for hydroxylation is 1. The van der Waals surface area contributed by atoms with Crippen LogP contribution in [0.3, 0.4) is 0 Å². The summed E-state index contributed by atoms with van der Waals surface area (Å²) in [5, 5.41) is 6.41. The van der Waals surface area contributed by atoms with Crippen LogP contribution in [-0.2, 0) is 6.61 Å². The second-order valence-corrected chi connectivity index (χ2v) is 8.18. The van der Waals surface area contributed by atoms with Crippen molar-refractivity contribution in [2.75, 3.05) is 39.3 Å². The zero-order chi connectivity index (χ0) is 18.6. The van der Waals surface area contributed by atoms with Gasteiger partial charge >= 0.3 is 0 Å². The van der Waals surface area contributed by atoms with E-state index < -0.39 is 0 Å². The standard InChI is InChI=1S/C20H26N4O2S.2ClH/c1-15-22-16(14-27-15)13-26-19-5-3-2-4-18(19)20(25)24-9-6-17(12-24)23-10-7-21-8-11-23;;/h2-5,14,17,21H,6-13H2,1H3;2*1H. The lowest BCUT2D eigenvalue weighted by atomic mass is 10.1. The summed E-state index contributed by atoms with van der Waals surface area (Å²) >= 11 is 1.61. The Hall–Kier alpha value is -1.38. The normalized spacial score (nSPS) is 19.3. The van der Waals surface area contributed by atoms with E-state index in [9.17, 15) is 4.79 Å². The lowest BCUT2D eigenvalue weighted by molar-refractivity contribution is 0.0768. The monoisotopic (exact) mass is 458 g/mol. The summed E-state index contributed by atoms with van der Waals surface area (Å²) in [4.78, 5) is 22.0. The Morgan fingerprint density at radius 1 is 1.24 bits per heavy atom. The van der Waals surface area contributed by atoms with E-state index in [1.54, 1.807) is 11.3 Å². The number of likely N-dealkylation sites (tertiary alicyclic amines) is 1. The van der Waals surface area contributed by atoms with Crippen molar-refractivity contribution >= 4 is 42.1 Å². The average Bonchev–Trinajstić information content (AvgIpc) is 3.36. The predicted molar refractivity (Wildman–Crippen MR) is 121 cm³/mol. The third-order valence-electron chi connectivity index (χ3n) is 5.28. The summed E-state index contributed by atoms with van der Waals surface area (Å²) in [6, 6.07) is 8.02. The van der Waals surface area contributed by atoms with Gasteiger partial charge in [-0.05, 0) is 25.5 Å². The van der Waals surface area contributed by atoms with E-state index in [1.165, 1.54) is 0 Å². The molecule has 29 heavy (non-hydrogen) atoms. The molecule has 1 atom stereocenters. The molecule has 4 rings (SSSR count). The molecule has 2 aliphatic heterocycles. The molecule has 1 aromatic heterocycles. The summed E-state index contributed by atoms with van der Waals surface area (Å²) in [6.07, 6.45) is 1.05. The number of hydrogen-bond donors (Lipinski definition) is 1. The first-order valence-electron chi connectivity index (χ1n) is 9.57. The van der Waals surface area contributed by atoms with Crippen molar-refractivity contribution < 1.29 is 9.53 Å². The van der Waals surface area contributed by atoms with Crippen molar-refractivity contribution in [2.24, 2.45) is 0 Å². The van der Waals surface area contributed by atoms with E-state index in [0.29, 0.717) is 24.0 Å². The van der Waals surface area contributed by atoms with Crippen LogP contribution in [0.15, 0.2) is 29.6 Å². The van der Waals surface area contributed by atoms with Crippen LogP contribution in [0.4, 0.5) is 0 Å². The molecule has 0 spiro atoms. The van der Waals surface area contributed by atoms with Crippen LogP contribution in [0.2, 0.25) is 0 Å². The molecule has 2 saturated heterocycles. The van der Waals surface area contributed by atoms with Gasteiger partial charge in [0.25, 0.3) is 5.91 Å². The van der Waals surface area contributed by atoms with Gasteiger partial charge in [0.2, 0.25) is 0 Å². The number of rotatable bonds is 5. The van der Waals surface area contributed by atoms with Crippen LogP contribution >= 0.6 is 36.2 Å². The fraction of sp³-hybridized carbons (Fsp3) is 0.500. The van der Waals surface area contributed by atoms with Crippen LogP contribution in [0, 0.1) is 6.92 Å². The topological polar surface area (TPSA) is 57.7 Å². The molecule has 3 heterocycles. The third kappa shape index (κ3) is 5.83. The van der Waals surface area contributed by atoms with Crippen molar-refractivity contribution in [1.29, 1.82) is 0 Å². The number of amides is 1. The van der Waals surface area contributed by atoms with Crippen molar-refractivity contribution in [3.05, 3.63) is 45.9 Å². The number of carbonyl (C=O) groups excluding carboxylic acids is 1. The smallest absolute Gasteiger partial charge is 0.257 e. The number of aromatic nitrogens is 1. The van der Waals surface area contributed by atoms with Gasteiger partial charge in [0, 0.05) is 50.7 Å². The first-order valence-corrected chi connectivity index (χ1v) is 10.5. The molecule has 0 saturated carbocycles. The van der Waals surface area contributed by atoms with Crippen LogP contribution in [0.5, 0.6) is 5.75 Å². The SMILES string of the molecule is Cc1nc(COc2ccccc2C(=O)N2CCC(N3CCNCC3)C2)cs1.Cl.Cl. The number of halogens is 2. The van der Waals surface area contributed by atoms with E-state index in [2.05, 4.69) is 15.2 Å². The van der Waals surface area contributed by atoms with E-state index >= 15 is 0 Å². The molecule has 2 aromatic rings. The van der Waals surface area contributed by atoms with E-state index in [4.69, 9.17) is 4.74 Å². The number of para-hydroxylation sites is 1. The Bertz CT molecular complexity index is 798. The predicted octanol–water partition coefficient (Wildman–Crippen LogP) is 2.99. The Balaban J connectivity index is 0.00000150. The van der Waals surface area contributed by atoms with Gasteiger partial charge in [-0.15, -0.1) is 36.2 Å². The van der Waals surface area contributed by atoms with Crippen molar-refractivity contribution in [1.82, 2.24) is 20.1 Å². The van der Waals surface area contributed by atoms with Crippen LogP contribution in [0.1, 0.15) is 27.5 Å². The summed E-state index contributed by atoms with van der Waals surface area (Å²) in [7, 11) is 0. The first-order chi connectivity index (χ1) is 13.2. The van der Waals surface area contributed by atoms with Crippen LogP contribution < -0.4 is 10.1 Å². The Labute approximate surface area is 188 Å². The highest BCUT2D eigenvalue weighted by atomic mass is 35.5. The summed E-state index contributed by atoms with van der Waals surface area (Å²) < 4.78 is 5.94. The molecule has 2 fully saturated rings. The molecule has 0 aliphatic carbocycles. The largest absolute Gasteiger partial charge is 0.486 e. The van der Waals surface area contributed by atoms with Gasteiger partial charge in [0.15, 0.2) is 0 Å². The number of nitrogens with one attached hydrogen (secondary N) is 1. The van der Waals surface area contributed by atoms with E-state index in [1.807, 2.05) is 41.5 Å². The second-order valence-electron chi connectivity index (χ2n) is 7.12. The molecule has 1 unspecified atom stereocenters. The van der Waals surface area contributed by atoms with Gasteiger partial charge in [-0.25, -0.2) is 4.98 Å². The van der Waals surface area contributed by atoms with Gasteiger partial charge in [0.05, 0.1) is 16.3 Å². The molecule has 2 aliphatic rings. The molecule has 1 N–H and O–H groups in total. The molecule has 0 bridgehead atoms. The summed E-state index contributed by atoms with van der Waals surface area (Å²) in [5.74, 6) is 0.705. The number of thiazole rings is 1. The summed E-state index contributed by atoms with van der Waals surface area (Å²) in [6.45, 7) is 8.20. The second kappa shape index (κ2) is 11.1. The van der Waals surface area contributed by atoms with Gasteiger partial charge in [0.1, 0.15) is 12.4 Å². The van der Waals surface area contributed by atoms with Crippen LogP contribution in [-0.4, -0.2) is 66.0 Å². The van der Waals surface area contributed by atoms with Crippen molar-refractivity contribution in [3.63, 3.8) is 0 Å². The summed E-state index contributed by atoms with van der Waals surface area (Å²) in [5.41, 5.74) is 1.55. The average molecular weight is 459 g/mol. The lowest BCUT2D eigenvalue weighted by Crippen LogP contribution is -2.49. The molecular weight excluding hydrogens is 431 g/mol. The Morgan fingerprint density at radius 3 is 2.72 bits per heavy atom. The maximum atomic E-state index is 13.1. The molecule has 1 amide bonds. The molecular formula is C20H28Cl2N4O2S. The molecule has 0 radical (unpaired) electrons. The highest BCUT2D eigenvalue weighted by molar-refractivity contribution is 7.09. The molecule has 160 valence electrons. The maximum absolute atomic E-state index is 13.1.